The molecule has 2 saturated carbocycles. The molecule has 0 saturated heterocycles. The Kier molecular flexibility index (Phi) is 2.74. The van der Waals surface area contributed by atoms with Crippen LogP contribution in [0.5, 0.6) is 0 Å². The topological polar surface area (TPSA) is 49.3 Å². The van der Waals surface area contributed by atoms with Crippen molar-refractivity contribution >= 4 is 23.3 Å². The van der Waals surface area contributed by atoms with Gasteiger partial charge in [0.25, 0.3) is 0 Å². The Balaban J connectivity index is 1.67. The molecule has 18 heavy (non-hydrogen) atoms. The lowest BCUT2D eigenvalue weighted by molar-refractivity contribution is 0.0697. The summed E-state index contributed by atoms with van der Waals surface area (Å²) >= 11 is 6.09. The van der Waals surface area contributed by atoms with E-state index >= 15 is 0 Å². The average Bonchev–Trinajstić information content (AvgIpc) is 3.19. The maximum atomic E-state index is 10.8. The molecule has 2 N–H and O–H groups in total. The number of anilines is 1. The minimum absolute atomic E-state index is 0.230. The molecule has 0 bridgehead atoms. The van der Waals surface area contributed by atoms with E-state index in [9.17, 15) is 4.79 Å². The van der Waals surface area contributed by atoms with Crippen molar-refractivity contribution in [2.75, 3.05) is 11.9 Å². The fraction of sp³-hybridized carbons (Fsp3) is 0.500. The van der Waals surface area contributed by atoms with E-state index in [1.165, 1.54) is 31.7 Å². The second-order valence-electron chi connectivity index (χ2n) is 5.49. The lowest BCUT2D eigenvalue weighted by atomic mass is 10.0. The number of hydrogen-bond donors (Lipinski definition) is 2. The van der Waals surface area contributed by atoms with Gasteiger partial charge in [0, 0.05) is 6.54 Å². The summed E-state index contributed by atoms with van der Waals surface area (Å²) in [4.78, 5) is 10.8. The van der Waals surface area contributed by atoms with Gasteiger partial charge in [-0.2, -0.15) is 0 Å². The third-order valence-corrected chi connectivity index (χ3v) is 4.50. The second-order valence-corrected chi connectivity index (χ2v) is 5.90. The van der Waals surface area contributed by atoms with Crippen molar-refractivity contribution in [2.24, 2.45) is 11.3 Å². The summed E-state index contributed by atoms with van der Waals surface area (Å²) in [6.45, 7) is 0.962. The Morgan fingerprint density at radius 1 is 1.44 bits per heavy atom. The number of aromatic carboxylic acids is 1. The van der Waals surface area contributed by atoms with Crippen molar-refractivity contribution in [1.29, 1.82) is 0 Å². The van der Waals surface area contributed by atoms with Crippen LogP contribution >= 0.6 is 11.6 Å². The number of carboxylic acid groups (broad SMARTS) is 1. The molecule has 0 unspecified atom stereocenters. The van der Waals surface area contributed by atoms with Gasteiger partial charge in [-0.05, 0) is 55.2 Å². The van der Waals surface area contributed by atoms with E-state index in [0.29, 0.717) is 10.4 Å². The van der Waals surface area contributed by atoms with Crippen LogP contribution in [-0.4, -0.2) is 17.6 Å². The third kappa shape index (κ3) is 2.19. The quantitative estimate of drug-likeness (QED) is 0.855. The van der Waals surface area contributed by atoms with Crippen molar-refractivity contribution in [2.45, 2.75) is 25.7 Å². The molecule has 1 aromatic rings. The van der Waals surface area contributed by atoms with Crippen LogP contribution in [0, 0.1) is 11.3 Å². The van der Waals surface area contributed by atoms with E-state index in [1.54, 1.807) is 12.1 Å². The average molecular weight is 266 g/mol. The summed E-state index contributed by atoms with van der Waals surface area (Å²) in [6, 6.07) is 4.85. The Bertz CT molecular complexity index is 493. The Morgan fingerprint density at radius 2 is 2.17 bits per heavy atom. The highest BCUT2D eigenvalue weighted by atomic mass is 35.5. The minimum Gasteiger partial charge on any atom is -0.478 e. The van der Waals surface area contributed by atoms with Crippen molar-refractivity contribution in [3.63, 3.8) is 0 Å². The molecule has 3 rings (SSSR count). The number of carbonyl (C=O) groups is 1. The fourth-order valence-electron chi connectivity index (χ4n) is 2.65. The maximum absolute atomic E-state index is 10.8. The van der Waals surface area contributed by atoms with Gasteiger partial charge >= 0.3 is 5.97 Å². The predicted molar refractivity (Wildman–Crippen MR) is 71.3 cm³/mol. The standard InChI is InChI=1S/C14H16ClNO2/c15-11-7-9(13(17)18)1-4-12(11)16-8-14(5-6-14)10-2-3-10/h1,4,7,10,16H,2-3,5-6,8H2,(H,17,18). The van der Waals surface area contributed by atoms with Crippen LogP contribution in [0.2, 0.25) is 5.02 Å². The molecule has 0 aromatic heterocycles. The SMILES string of the molecule is O=C(O)c1ccc(NCC2(C3CC3)CC2)c(Cl)c1. The number of benzene rings is 1. The summed E-state index contributed by atoms with van der Waals surface area (Å²) in [5.41, 5.74) is 1.58. The van der Waals surface area contributed by atoms with Gasteiger partial charge in [-0.1, -0.05) is 11.6 Å². The van der Waals surface area contributed by atoms with Gasteiger partial charge in [-0.25, -0.2) is 4.79 Å². The van der Waals surface area contributed by atoms with Crippen LogP contribution in [0.25, 0.3) is 0 Å². The Morgan fingerprint density at radius 3 is 2.67 bits per heavy atom. The lowest BCUT2D eigenvalue weighted by Gasteiger charge is -2.16. The van der Waals surface area contributed by atoms with Gasteiger partial charge in [-0.3, -0.25) is 0 Å². The molecule has 0 radical (unpaired) electrons. The Labute approximate surface area is 111 Å². The zero-order valence-electron chi connectivity index (χ0n) is 10.1. The predicted octanol–water partition coefficient (Wildman–Crippen LogP) is 3.64. The van der Waals surface area contributed by atoms with Crippen LogP contribution in [0.15, 0.2) is 18.2 Å². The van der Waals surface area contributed by atoms with E-state index in [4.69, 9.17) is 16.7 Å². The molecule has 96 valence electrons. The minimum atomic E-state index is -0.944. The van der Waals surface area contributed by atoms with Crippen molar-refractivity contribution in [3.8, 4) is 0 Å². The highest BCUT2D eigenvalue weighted by Crippen LogP contribution is 2.61. The molecular weight excluding hydrogens is 250 g/mol. The zero-order chi connectivity index (χ0) is 12.8. The first-order chi connectivity index (χ1) is 8.61. The van der Waals surface area contributed by atoms with E-state index < -0.39 is 5.97 Å². The van der Waals surface area contributed by atoms with E-state index in [1.807, 2.05) is 0 Å². The number of carboxylic acids is 1. The lowest BCUT2D eigenvalue weighted by Crippen LogP contribution is -2.17. The van der Waals surface area contributed by atoms with Crippen LogP contribution in [0.4, 0.5) is 5.69 Å². The molecule has 0 amide bonds. The number of rotatable bonds is 5. The van der Waals surface area contributed by atoms with E-state index in [2.05, 4.69) is 5.32 Å². The second kappa shape index (κ2) is 4.16. The molecule has 0 spiro atoms. The summed E-state index contributed by atoms with van der Waals surface area (Å²) in [7, 11) is 0. The van der Waals surface area contributed by atoms with Gasteiger partial charge in [0.05, 0.1) is 16.3 Å². The van der Waals surface area contributed by atoms with Crippen LogP contribution in [-0.2, 0) is 0 Å². The maximum Gasteiger partial charge on any atom is 0.335 e. The number of halogens is 1. The molecule has 0 aliphatic heterocycles. The molecule has 1 aromatic carbocycles. The number of hydrogen-bond acceptors (Lipinski definition) is 2. The van der Waals surface area contributed by atoms with Gasteiger partial charge in [0.1, 0.15) is 0 Å². The normalized spacial score (nSPS) is 20.5. The third-order valence-electron chi connectivity index (χ3n) is 4.18. The van der Waals surface area contributed by atoms with Crippen molar-refractivity contribution in [1.82, 2.24) is 0 Å². The highest BCUT2D eigenvalue weighted by Gasteiger charge is 2.53. The smallest absolute Gasteiger partial charge is 0.335 e. The van der Waals surface area contributed by atoms with Crippen molar-refractivity contribution in [3.05, 3.63) is 28.8 Å². The van der Waals surface area contributed by atoms with E-state index in [0.717, 1.165) is 18.2 Å². The molecular formula is C14H16ClNO2. The molecule has 0 atom stereocenters. The first kappa shape index (κ1) is 11.8. The van der Waals surface area contributed by atoms with Gasteiger partial charge in [0.2, 0.25) is 0 Å². The summed E-state index contributed by atoms with van der Waals surface area (Å²) in [5, 5.41) is 12.7. The largest absolute Gasteiger partial charge is 0.478 e. The molecule has 3 nitrogen and oxygen atoms in total. The number of nitrogens with one attached hydrogen (secondary N) is 1. The van der Waals surface area contributed by atoms with Crippen LogP contribution in [0.1, 0.15) is 36.0 Å². The van der Waals surface area contributed by atoms with Crippen molar-refractivity contribution < 1.29 is 9.90 Å². The molecule has 2 aliphatic carbocycles. The Hall–Kier alpha value is -1.22. The fourth-order valence-corrected chi connectivity index (χ4v) is 2.90. The van der Waals surface area contributed by atoms with Crippen LogP contribution in [0.3, 0.4) is 0 Å². The first-order valence-corrected chi connectivity index (χ1v) is 6.75. The summed E-state index contributed by atoms with van der Waals surface area (Å²) in [6.07, 6.45) is 5.37. The first-order valence-electron chi connectivity index (χ1n) is 6.37. The summed E-state index contributed by atoms with van der Waals surface area (Å²) in [5.74, 6) is -0.0397. The van der Waals surface area contributed by atoms with E-state index in [-0.39, 0.29) is 5.56 Å². The van der Waals surface area contributed by atoms with Crippen LogP contribution < -0.4 is 5.32 Å². The zero-order valence-corrected chi connectivity index (χ0v) is 10.8. The van der Waals surface area contributed by atoms with Gasteiger partial charge in [0.15, 0.2) is 0 Å². The van der Waals surface area contributed by atoms with Gasteiger partial charge < -0.3 is 10.4 Å². The molecule has 2 fully saturated rings. The molecule has 0 heterocycles. The van der Waals surface area contributed by atoms with Gasteiger partial charge in [-0.15, -0.1) is 0 Å². The molecule has 4 heteroatoms. The summed E-state index contributed by atoms with van der Waals surface area (Å²) < 4.78 is 0. The monoisotopic (exact) mass is 265 g/mol. The molecule has 2 aliphatic rings. The highest BCUT2D eigenvalue weighted by molar-refractivity contribution is 6.33.